The zero-order chi connectivity index (χ0) is 9.68. The molecule has 2 nitrogen and oxygen atoms in total. The van der Waals surface area contributed by atoms with Gasteiger partial charge in [0.15, 0.2) is 0 Å². The van der Waals surface area contributed by atoms with E-state index in [1.165, 1.54) is 0 Å². The molecule has 0 aliphatic heterocycles. The molecule has 1 N–H and O–H groups in total. The molecular weight excluding hydrogens is 230 g/mol. The Hall–Kier alpha value is -0.540. The van der Waals surface area contributed by atoms with Crippen LogP contribution in [0.4, 0.5) is 0 Å². The van der Waals surface area contributed by atoms with E-state index in [0.717, 1.165) is 16.8 Å². The van der Waals surface area contributed by atoms with Crippen LogP contribution in [0.1, 0.15) is 19.6 Å². The second kappa shape index (κ2) is 5.25. The normalized spacial score (nSPS) is 11.7. The quantitative estimate of drug-likeness (QED) is 0.880. The summed E-state index contributed by atoms with van der Waals surface area (Å²) in [7, 11) is 0. The molecule has 0 aliphatic rings. The fourth-order valence-electron chi connectivity index (χ4n) is 0.894. The Morgan fingerprint density at radius 3 is 2.92 bits per heavy atom. The minimum absolute atomic E-state index is 0.518. The summed E-state index contributed by atoms with van der Waals surface area (Å²) < 4.78 is 6.20. The molecule has 1 heterocycles. The molecule has 0 atom stereocenters. The van der Waals surface area contributed by atoms with Crippen molar-refractivity contribution in [3.8, 4) is 0 Å². The van der Waals surface area contributed by atoms with E-state index in [4.69, 9.17) is 4.42 Å². The number of hydrogen-bond donors (Lipinski definition) is 1. The van der Waals surface area contributed by atoms with Crippen LogP contribution in [0.25, 0.3) is 6.08 Å². The molecule has 0 bridgehead atoms. The zero-order valence-electron chi connectivity index (χ0n) is 7.88. The van der Waals surface area contributed by atoms with Gasteiger partial charge in [-0.05, 0) is 28.1 Å². The van der Waals surface area contributed by atoms with Crippen molar-refractivity contribution in [3.63, 3.8) is 0 Å². The summed E-state index contributed by atoms with van der Waals surface area (Å²) >= 11 is 3.38. The molecule has 13 heavy (non-hydrogen) atoms. The Labute approximate surface area is 87.1 Å². The van der Waals surface area contributed by atoms with Crippen LogP contribution in [-0.4, -0.2) is 12.6 Å². The first-order chi connectivity index (χ1) is 6.20. The van der Waals surface area contributed by atoms with E-state index in [1.54, 1.807) is 6.26 Å². The highest BCUT2D eigenvalue weighted by atomic mass is 79.9. The van der Waals surface area contributed by atoms with Gasteiger partial charge in [0.25, 0.3) is 0 Å². The number of rotatable bonds is 4. The topological polar surface area (TPSA) is 25.2 Å². The number of furan rings is 1. The first kappa shape index (κ1) is 10.5. The molecule has 0 saturated carbocycles. The minimum atomic E-state index is 0.518. The first-order valence-corrected chi connectivity index (χ1v) is 5.12. The Balaban J connectivity index is 2.37. The van der Waals surface area contributed by atoms with E-state index in [1.807, 2.05) is 18.2 Å². The van der Waals surface area contributed by atoms with Crippen molar-refractivity contribution < 1.29 is 4.42 Å². The molecule has 1 aromatic rings. The maximum absolute atomic E-state index is 5.21. The average molecular weight is 244 g/mol. The van der Waals surface area contributed by atoms with Gasteiger partial charge in [-0.3, -0.25) is 0 Å². The van der Waals surface area contributed by atoms with Crippen molar-refractivity contribution >= 4 is 22.0 Å². The summed E-state index contributed by atoms with van der Waals surface area (Å²) in [5, 5.41) is 3.28. The molecule has 0 radical (unpaired) electrons. The Morgan fingerprint density at radius 1 is 1.62 bits per heavy atom. The fraction of sp³-hybridized carbons (Fsp3) is 0.400. The third-order valence-corrected chi connectivity index (χ3v) is 2.21. The van der Waals surface area contributed by atoms with Crippen molar-refractivity contribution in [1.82, 2.24) is 5.32 Å². The summed E-state index contributed by atoms with van der Waals surface area (Å²) in [4.78, 5) is 0. The standard InChI is InChI=1S/C10H14BrNO/c1-8(2)12-6-3-4-10-9(11)5-7-13-10/h3-5,7-8,12H,6H2,1-2H3/b4-3+. The van der Waals surface area contributed by atoms with Gasteiger partial charge in [0.05, 0.1) is 10.7 Å². The summed E-state index contributed by atoms with van der Waals surface area (Å²) in [5.41, 5.74) is 0. The third kappa shape index (κ3) is 3.79. The van der Waals surface area contributed by atoms with Crippen molar-refractivity contribution in [2.24, 2.45) is 0 Å². The lowest BCUT2D eigenvalue weighted by atomic mass is 10.3. The molecule has 1 aromatic heterocycles. The highest BCUT2D eigenvalue weighted by Gasteiger charge is 1.96. The van der Waals surface area contributed by atoms with Crippen molar-refractivity contribution in [2.45, 2.75) is 19.9 Å². The molecule has 0 spiro atoms. The predicted molar refractivity (Wildman–Crippen MR) is 58.6 cm³/mol. The van der Waals surface area contributed by atoms with E-state index in [2.05, 4.69) is 35.1 Å². The van der Waals surface area contributed by atoms with Gasteiger partial charge in [0, 0.05) is 12.6 Å². The predicted octanol–water partition coefficient (Wildman–Crippen LogP) is 3.05. The molecule has 0 aromatic carbocycles. The van der Waals surface area contributed by atoms with Crippen LogP contribution >= 0.6 is 15.9 Å². The molecule has 0 fully saturated rings. The van der Waals surface area contributed by atoms with Crippen LogP contribution in [0, 0.1) is 0 Å². The molecule has 0 aliphatic carbocycles. The lowest BCUT2D eigenvalue weighted by molar-refractivity contribution is 0.555. The van der Waals surface area contributed by atoms with Crippen LogP contribution in [0.2, 0.25) is 0 Å². The molecule has 0 amide bonds. The number of hydrogen-bond acceptors (Lipinski definition) is 2. The van der Waals surface area contributed by atoms with Gasteiger partial charge >= 0.3 is 0 Å². The summed E-state index contributed by atoms with van der Waals surface area (Å²) in [6.45, 7) is 5.11. The van der Waals surface area contributed by atoms with E-state index >= 15 is 0 Å². The Morgan fingerprint density at radius 2 is 2.38 bits per heavy atom. The van der Waals surface area contributed by atoms with Crippen LogP contribution in [0.15, 0.2) is 27.3 Å². The molecule has 0 unspecified atom stereocenters. The highest BCUT2D eigenvalue weighted by Crippen LogP contribution is 2.18. The third-order valence-electron chi connectivity index (χ3n) is 1.56. The average Bonchev–Trinajstić information content (AvgIpc) is 2.45. The van der Waals surface area contributed by atoms with E-state index in [0.29, 0.717) is 6.04 Å². The Kier molecular flexibility index (Phi) is 4.25. The van der Waals surface area contributed by atoms with Gasteiger partial charge < -0.3 is 9.73 Å². The SMILES string of the molecule is CC(C)NC/C=C/c1occc1Br. The smallest absolute Gasteiger partial charge is 0.140 e. The van der Waals surface area contributed by atoms with Crippen molar-refractivity contribution in [2.75, 3.05) is 6.54 Å². The van der Waals surface area contributed by atoms with E-state index in [-0.39, 0.29) is 0 Å². The lowest BCUT2D eigenvalue weighted by Gasteiger charge is -2.02. The van der Waals surface area contributed by atoms with Gasteiger partial charge in [0.1, 0.15) is 5.76 Å². The first-order valence-electron chi connectivity index (χ1n) is 4.33. The summed E-state index contributed by atoms with van der Waals surface area (Å²) in [5.74, 6) is 0.866. The van der Waals surface area contributed by atoms with Gasteiger partial charge in [0.2, 0.25) is 0 Å². The number of nitrogens with one attached hydrogen (secondary N) is 1. The molecule has 3 heteroatoms. The number of halogens is 1. The summed E-state index contributed by atoms with van der Waals surface area (Å²) in [6, 6.07) is 2.40. The van der Waals surface area contributed by atoms with Gasteiger partial charge in [-0.25, -0.2) is 0 Å². The fourth-order valence-corrected chi connectivity index (χ4v) is 1.23. The van der Waals surface area contributed by atoms with Crippen LogP contribution < -0.4 is 5.32 Å². The lowest BCUT2D eigenvalue weighted by Crippen LogP contribution is -2.22. The van der Waals surface area contributed by atoms with Gasteiger partial charge in [-0.2, -0.15) is 0 Å². The van der Waals surface area contributed by atoms with Crippen molar-refractivity contribution in [3.05, 3.63) is 28.6 Å². The van der Waals surface area contributed by atoms with Gasteiger partial charge in [-0.1, -0.05) is 19.9 Å². The molecule has 0 saturated heterocycles. The zero-order valence-corrected chi connectivity index (χ0v) is 9.47. The molecular formula is C10H14BrNO. The minimum Gasteiger partial charge on any atom is -0.464 e. The van der Waals surface area contributed by atoms with Gasteiger partial charge in [-0.15, -0.1) is 0 Å². The maximum atomic E-state index is 5.21. The second-order valence-electron chi connectivity index (χ2n) is 3.10. The second-order valence-corrected chi connectivity index (χ2v) is 3.95. The Bertz CT molecular complexity index is 278. The van der Waals surface area contributed by atoms with E-state index in [9.17, 15) is 0 Å². The molecule has 1 rings (SSSR count). The summed E-state index contributed by atoms with van der Waals surface area (Å²) in [6.07, 6.45) is 5.67. The molecule has 72 valence electrons. The largest absolute Gasteiger partial charge is 0.464 e. The van der Waals surface area contributed by atoms with Crippen molar-refractivity contribution in [1.29, 1.82) is 0 Å². The maximum Gasteiger partial charge on any atom is 0.140 e. The van der Waals surface area contributed by atoms with E-state index < -0.39 is 0 Å². The highest BCUT2D eigenvalue weighted by molar-refractivity contribution is 9.10. The monoisotopic (exact) mass is 243 g/mol. The van der Waals surface area contributed by atoms with Crippen LogP contribution in [0.5, 0.6) is 0 Å². The van der Waals surface area contributed by atoms with Crippen LogP contribution in [0.3, 0.4) is 0 Å². The van der Waals surface area contributed by atoms with Crippen LogP contribution in [-0.2, 0) is 0 Å².